The SMILES string of the molecule is Cc1cc(Oc2ccc(F)cc2)c([Se]C(F)(F)F)c(=O)o1. The summed E-state index contributed by atoms with van der Waals surface area (Å²) in [6.45, 7) is 1.42. The van der Waals surface area contributed by atoms with E-state index in [1.54, 1.807) is 0 Å². The van der Waals surface area contributed by atoms with Gasteiger partial charge in [-0.2, -0.15) is 0 Å². The van der Waals surface area contributed by atoms with Crippen LogP contribution in [-0.2, 0) is 0 Å². The number of alkyl halides is 3. The van der Waals surface area contributed by atoms with Gasteiger partial charge in [-0.3, -0.25) is 0 Å². The Labute approximate surface area is 122 Å². The van der Waals surface area contributed by atoms with Crippen LogP contribution in [0.3, 0.4) is 0 Å². The van der Waals surface area contributed by atoms with Crippen molar-refractivity contribution >= 4 is 19.4 Å². The molecule has 21 heavy (non-hydrogen) atoms. The van der Waals surface area contributed by atoms with Crippen molar-refractivity contribution in [3.63, 3.8) is 0 Å². The summed E-state index contributed by atoms with van der Waals surface area (Å²) in [6, 6.07) is 5.91. The molecule has 0 aliphatic carbocycles. The van der Waals surface area contributed by atoms with Crippen LogP contribution in [0.4, 0.5) is 17.6 Å². The topological polar surface area (TPSA) is 39.4 Å². The van der Waals surface area contributed by atoms with E-state index in [0.29, 0.717) is 0 Å². The van der Waals surface area contributed by atoms with Crippen LogP contribution in [-0.4, -0.2) is 20.0 Å². The Morgan fingerprint density at radius 1 is 1.19 bits per heavy atom. The summed E-state index contributed by atoms with van der Waals surface area (Å²) in [7, 11) is 0. The Kier molecular flexibility index (Phi) is 4.39. The molecule has 0 amide bonds. The zero-order valence-electron chi connectivity index (χ0n) is 10.5. The standard InChI is InChI=1S/C13H8F4O3Se/c1-7-6-10(20-9-4-2-8(14)3-5-9)11(12(18)19-7)21-13(15,16)17/h2-6H,1H3. The summed E-state index contributed by atoms with van der Waals surface area (Å²) in [5.41, 5.74) is -1.08. The molecule has 0 spiro atoms. The summed E-state index contributed by atoms with van der Waals surface area (Å²) in [5, 5.41) is -4.52. The normalized spacial score (nSPS) is 11.5. The van der Waals surface area contributed by atoms with Crippen LogP contribution in [0.5, 0.6) is 11.5 Å². The molecule has 2 aromatic rings. The number of ether oxygens (including phenoxy) is 1. The van der Waals surface area contributed by atoms with Crippen LogP contribution < -0.4 is 14.8 Å². The maximum atomic E-state index is 12.8. The van der Waals surface area contributed by atoms with E-state index in [1.807, 2.05) is 0 Å². The van der Waals surface area contributed by atoms with Crippen molar-refractivity contribution in [3.8, 4) is 11.5 Å². The van der Waals surface area contributed by atoms with E-state index >= 15 is 0 Å². The minimum atomic E-state index is -4.52. The molecular weight excluding hydrogens is 359 g/mol. The van der Waals surface area contributed by atoms with E-state index in [2.05, 4.69) is 4.42 Å². The fraction of sp³-hybridized carbons (Fsp3) is 0.154. The Balaban J connectivity index is 2.41. The molecule has 0 aliphatic rings. The number of halogens is 4. The van der Waals surface area contributed by atoms with Crippen LogP contribution >= 0.6 is 0 Å². The van der Waals surface area contributed by atoms with Gasteiger partial charge < -0.3 is 0 Å². The average Bonchev–Trinajstić information content (AvgIpc) is 2.35. The van der Waals surface area contributed by atoms with Gasteiger partial charge in [-0.15, -0.1) is 0 Å². The fourth-order valence-corrected chi connectivity index (χ4v) is 2.66. The molecule has 112 valence electrons. The van der Waals surface area contributed by atoms with Gasteiger partial charge >= 0.3 is 122 Å². The first-order chi connectivity index (χ1) is 9.74. The van der Waals surface area contributed by atoms with Gasteiger partial charge in [-0.1, -0.05) is 0 Å². The molecule has 0 unspecified atom stereocenters. The van der Waals surface area contributed by atoms with Crippen molar-refractivity contribution in [1.82, 2.24) is 0 Å². The monoisotopic (exact) mass is 368 g/mol. The molecule has 2 rings (SSSR count). The van der Waals surface area contributed by atoms with Crippen molar-refractivity contribution in [2.45, 2.75) is 12.0 Å². The van der Waals surface area contributed by atoms with E-state index in [9.17, 15) is 22.4 Å². The Bertz CT molecular complexity index is 692. The first-order valence-corrected chi connectivity index (χ1v) is 7.30. The Hall–Kier alpha value is -1.79. The average molecular weight is 367 g/mol. The molecule has 8 heteroatoms. The number of hydrogen-bond donors (Lipinski definition) is 0. The molecule has 0 radical (unpaired) electrons. The summed E-state index contributed by atoms with van der Waals surface area (Å²) in [4.78, 5) is 11.6. The number of rotatable bonds is 3. The van der Waals surface area contributed by atoms with Gasteiger partial charge in [-0.05, 0) is 0 Å². The second-order valence-electron chi connectivity index (χ2n) is 3.94. The van der Waals surface area contributed by atoms with Crippen LogP contribution in [0.15, 0.2) is 39.5 Å². The van der Waals surface area contributed by atoms with Crippen molar-refractivity contribution < 1.29 is 26.7 Å². The minimum absolute atomic E-state index is 0.124. The second-order valence-corrected chi connectivity index (χ2v) is 6.20. The molecule has 0 fully saturated rings. The zero-order chi connectivity index (χ0) is 15.6. The van der Waals surface area contributed by atoms with E-state index in [4.69, 9.17) is 4.74 Å². The van der Waals surface area contributed by atoms with Crippen molar-refractivity contribution in [2.75, 3.05) is 0 Å². The first-order valence-electron chi connectivity index (χ1n) is 5.58. The quantitative estimate of drug-likeness (QED) is 0.619. The molecule has 1 heterocycles. The van der Waals surface area contributed by atoms with Crippen molar-refractivity contribution in [3.05, 3.63) is 52.3 Å². The van der Waals surface area contributed by atoms with E-state index in [-0.39, 0.29) is 17.3 Å². The molecule has 1 aromatic carbocycles. The van der Waals surface area contributed by atoms with Crippen LogP contribution in [0, 0.1) is 12.7 Å². The van der Waals surface area contributed by atoms with Crippen LogP contribution in [0.25, 0.3) is 0 Å². The van der Waals surface area contributed by atoms with Gasteiger partial charge in [0, 0.05) is 0 Å². The number of aryl methyl sites for hydroxylation is 1. The van der Waals surface area contributed by atoms with Crippen LogP contribution in [0.1, 0.15) is 5.76 Å². The molecule has 0 N–H and O–H groups in total. The number of benzene rings is 1. The summed E-state index contributed by atoms with van der Waals surface area (Å²) in [6.07, 6.45) is 0. The van der Waals surface area contributed by atoms with Gasteiger partial charge in [0.2, 0.25) is 0 Å². The zero-order valence-corrected chi connectivity index (χ0v) is 12.2. The molecule has 0 saturated heterocycles. The fourth-order valence-electron chi connectivity index (χ4n) is 1.49. The summed E-state index contributed by atoms with van der Waals surface area (Å²) in [5.74, 6) is -0.488. The molecule has 0 atom stereocenters. The Morgan fingerprint density at radius 3 is 2.38 bits per heavy atom. The molecule has 0 saturated carbocycles. The Morgan fingerprint density at radius 2 is 1.81 bits per heavy atom. The van der Waals surface area contributed by atoms with Gasteiger partial charge in [0.25, 0.3) is 0 Å². The van der Waals surface area contributed by atoms with Crippen molar-refractivity contribution in [1.29, 1.82) is 0 Å². The van der Waals surface area contributed by atoms with Gasteiger partial charge in [-0.25, -0.2) is 0 Å². The molecule has 1 aromatic heterocycles. The predicted molar refractivity (Wildman–Crippen MR) is 67.6 cm³/mol. The molecule has 3 nitrogen and oxygen atoms in total. The van der Waals surface area contributed by atoms with Gasteiger partial charge in [0.05, 0.1) is 0 Å². The third-order valence-corrected chi connectivity index (χ3v) is 3.94. The summed E-state index contributed by atoms with van der Waals surface area (Å²) >= 11 is -2.10. The van der Waals surface area contributed by atoms with E-state index < -0.39 is 35.9 Å². The number of hydrogen-bond acceptors (Lipinski definition) is 3. The maximum absolute atomic E-state index is 12.8. The van der Waals surface area contributed by atoms with E-state index in [1.165, 1.54) is 25.1 Å². The second kappa shape index (κ2) is 5.91. The van der Waals surface area contributed by atoms with Crippen LogP contribution in [0.2, 0.25) is 0 Å². The first kappa shape index (κ1) is 15.6. The molecular formula is C13H8F4O3Se. The summed E-state index contributed by atoms with van der Waals surface area (Å²) < 4.78 is 59.8. The third kappa shape index (κ3) is 4.34. The van der Waals surface area contributed by atoms with Crippen molar-refractivity contribution in [2.24, 2.45) is 0 Å². The van der Waals surface area contributed by atoms with Gasteiger partial charge in [0.1, 0.15) is 0 Å². The third-order valence-electron chi connectivity index (χ3n) is 2.26. The predicted octanol–water partition coefficient (Wildman–Crippen LogP) is 2.73. The van der Waals surface area contributed by atoms with E-state index in [0.717, 1.165) is 12.1 Å². The molecule has 0 aliphatic heterocycles. The van der Waals surface area contributed by atoms with Gasteiger partial charge in [0.15, 0.2) is 0 Å². The molecule has 0 bridgehead atoms.